The molecule has 0 bridgehead atoms. The number of anilines is 3. The lowest BCUT2D eigenvalue weighted by Crippen LogP contribution is -2.20. The Balaban J connectivity index is 1.55. The predicted octanol–water partition coefficient (Wildman–Crippen LogP) is 4.46. The van der Waals surface area contributed by atoms with Crippen molar-refractivity contribution in [3.8, 4) is 5.75 Å². The Hall–Kier alpha value is -3.34. The van der Waals surface area contributed by atoms with Gasteiger partial charge in [0.05, 0.1) is 11.9 Å². The van der Waals surface area contributed by atoms with E-state index >= 15 is 0 Å². The summed E-state index contributed by atoms with van der Waals surface area (Å²) in [5.41, 5.74) is 4.25. The van der Waals surface area contributed by atoms with Crippen molar-refractivity contribution in [3.63, 3.8) is 0 Å². The average molecular weight is 347 g/mol. The van der Waals surface area contributed by atoms with Crippen LogP contribution in [0.3, 0.4) is 0 Å². The number of aryl methyl sites for hydroxylation is 2. The van der Waals surface area contributed by atoms with Crippen molar-refractivity contribution >= 4 is 23.1 Å². The van der Waals surface area contributed by atoms with Crippen LogP contribution in [-0.2, 0) is 4.79 Å². The molecule has 5 nitrogen and oxygen atoms in total. The van der Waals surface area contributed by atoms with Gasteiger partial charge in [0.15, 0.2) is 6.61 Å². The lowest BCUT2D eigenvalue weighted by atomic mass is 10.1. The quantitative estimate of drug-likeness (QED) is 0.691. The molecule has 0 aliphatic heterocycles. The van der Waals surface area contributed by atoms with Crippen LogP contribution in [0.1, 0.15) is 11.1 Å². The summed E-state index contributed by atoms with van der Waals surface area (Å²) < 4.78 is 5.41. The van der Waals surface area contributed by atoms with Gasteiger partial charge in [-0.15, -0.1) is 0 Å². The predicted molar refractivity (Wildman–Crippen MR) is 104 cm³/mol. The summed E-state index contributed by atoms with van der Waals surface area (Å²) in [5, 5.41) is 6.06. The van der Waals surface area contributed by atoms with Gasteiger partial charge in [-0.3, -0.25) is 4.79 Å². The summed E-state index contributed by atoms with van der Waals surface area (Å²) in [6.07, 6.45) is 1.69. The molecule has 0 saturated heterocycles. The summed E-state index contributed by atoms with van der Waals surface area (Å²) in [7, 11) is 0. The molecule has 2 N–H and O–H groups in total. The molecule has 5 heteroatoms. The number of amides is 1. The summed E-state index contributed by atoms with van der Waals surface area (Å²) in [6, 6.07) is 19.1. The summed E-state index contributed by atoms with van der Waals surface area (Å²) in [6.45, 7) is 4.05. The van der Waals surface area contributed by atoms with Crippen molar-refractivity contribution in [1.82, 2.24) is 4.98 Å². The maximum Gasteiger partial charge on any atom is 0.263 e. The Labute approximate surface area is 153 Å². The van der Waals surface area contributed by atoms with Crippen LogP contribution in [0.2, 0.25) is 0 Å². The third-order valence-electron chi connectivity index (χ3n) is 3.82. The van der Waals surface area contributed by atoms with Crippen molar-refractivity contribution in [2.45, 2.75) is 13.8 Å². The van der Waals surface area contributed by atoms with Gasteiger partial charge < -0.3 is 15.4 Å². The molecule has 0 atom stereocenters. The Kier molecular flexibility index (Phi) is 5.49. The van der Waals surface area contributed by atoms with E-state index in [1.165, 1.54) is 5.56 Å². The highest BCUT2D eigenvalue weighted by Gasteiger charge is 2.05. The first-order valence-corrected chi connectivity index (χ1v) is 8.38. The maximum absolute atomic E-state index is 12.0. The Morgan fingerprint density at radius 2 is 1.85 bits per heavy atom. The van der Waals surface area contributed by atoms with Gasteiger partial charge in [0, 0.05) is 5.69 Å². The van der Waals surface area contributed by atoms with Crippen molar-refractivity contribution in [2.24, 2.45) is 0 Å². The van der Waals surface area contributed by atoms with Crippen molar-refractivity contribution in [3.05, 3.63) is 78.0 Å². The molecular weight excluding hydrogens is 326 g/mol. The molecule has 0 radical (unpaired) electrons. The number of pyridine rings is 1. The fourth-order valence-corrected chi connectivity index (χ4v) is 2.41. The van der Waals surface area contributed by atoms with E-state index in [1.807, 2.05) is 24.3 Å². The Morgan fingerprint density at radius 1 is 1.04 bits per heavy atom. The van der Waals surface area contributed by atoms with Crippen LogP contribution in [0.25, 0.3) is 0 Å². The number of carbonyl (C=O) groups excluding carboxylic acids is 1. The van der Waals surface area contributed by atoms with Crippen molar-refractivity contribution < 1.29 is 9.53 Å². The van der Waals surface area contributed by atoms with Crippen molar-refractivity contribution in [2.75, 3.05) is 17.2 Å². The van der Waals surface area contributed by atoms with E-state index < -0.39 is 0 Å². The first-order chi connectivity index (χ1) is 12.6. The lowest BCUT2D eigenvalue weighted by Gasteiger charge is -2.11. The molecule has 0 saturated carbocycles. The number of para-hydroxylation sites is 1. The molecule has 132 valence electrons. The second kappa shape index (κ2) is 8.16. The molecular formula is C21H21N3O2. The highest BCUT2D eigenvalue weighted by molar-refractivity contribution is 5.91. The van der Waals surface area contributed by atoms with Crippen LogP contribution in [-0.4, -0.2) is 17.5 Å². The second-order valence-corrected chi connectivity index (χ2v) is 6.03. The number of carbonyl (C=O) groups is 1. The second-order valence-electron chi connectivity index (χ2n) is 6.03. The van der Waals surface area contributed by atoms with E-state index in [9.17, 15) is 4.79 Å². The normalized spacial score (nSPS) is 10.2. The number of rotatable bonds is 6. The molecule has 0 aliphatic rings. The minimum atomic E-state index is -0.253. The summed E-state index contributed by atoms with van der Waals surface area (Å²) in [5.74, 6) is 0.887. The Morgan fingerprint density at radius 3 is 2.58 bits per heavy atom. The monoisotopic (exact) mass is 347 g/mol. The molecule has 1 aromatic heterocycles. The first kappa shape index (κ1) is 17.5. The first-order valence-electron chi connectivity index (χ1n) is 8.38. The molecule has 26 heavy (non-hydrogen) atoms. The van der Waals surface area contributed by atoms with E-state index in [0.717, 1.165) is 16.9 Å². The van der Waals surface area contributed by atoms with Gasteiger partial charge >= 0.3 is 0 Å². The molecule has 3 aromatic rings. The number of ether oxygens (including phenoxy) is 1. The van der Waals surface area contributed by atoms with Gasteiger partial charge in [0.25, 0.3) is 5.91 Å². The zero-order chi connectivity index (χ0) is 18.4. The zero-order valence-electron chi connectivity index (χ0n) is 14.8. The lowest BCUT2D eigenvalue weighted by molar-refractivity contribution is -0.118. The highest BCUT2D eigenvalue weighted by Crippen LogP contribution is 2.22. The van der Waals surface area contributed by atoms with Gasteiger partial charge in [0.1, 0.15) is 11.6 Å². The van der Waals surface area contributed by atoms with Gasteiger partial charge in [0.2, 0.25) is 0 Å². The van der Waals surface area contributed by atoms with E-state index in [0.29, 0.717) is 11.6 Å². The highest BCUT2D eigenvalue weighted by atomic mass is 16.5. The van der Waals surface area contributed by atoms with E-state index in [4.69, 9.17) is 4.74 Å². The zero-order valence-corrected chi connectivity index (χ0v) is 14.8. The van der Waals surface area contributed by atoms with Crippen LogP contribution >= 0.6 is 0 Å². The van der Waals surface area contributed by atoms with E-state index in [2.05, 4.69) is 47.7 Å². The summed E-state index contributed by atoms with van der Waals surface area (Å²) in [4.78, 5) is 16.2. The van der Waals surface area contributed by atoms with Gasteiger partial charge in [-0.2, -0.15) is 0 Å². The minimum Gasteiger partial charge on any atom is -0.484 e. The topological polar surface area (TPSA) is 63.2 Å². The van der Waals surface area contributed by atoms with Crippen LogP contribution in [0.4, 0.5) is 17.2 Å². The summed E-state index contributed by atoms with van der Waals surface area (Å²) >= 11 is 0. The molecule has 2 aromatic carbocycles. The largest absolute Gasteiger partial charge is 0.484 e. The number of benzene rings is 2. The smallest absolute Gasteiger partial charge is 0.263 e. The average Bonchev–Trinajstić information content (AvgIpc) is 2.65. The fraction of sp³-hybridized carbons (Fsp3) is 0.143. The minimum absolute atomic E-state index is 0.0613. The third kappa shape index (κ3) is 4.83. The van der Waals surface area contributed by atoms with Gasteiger partial charge in [-0.1, -0.05) is 30.3 Å². The SMILES string of the molecule is Cc1ccc(C)c(Nc2ccc(NC(=O)COc3ccccc3)nc2)c1. The molecule has 0 unspecified atom stereocenters. The number of nitrogens with zero attached hydrogens (tertiary/aromatic N) is 1. The molecule has 0 spiro atoms. The molecule has 1 heterocycles. The van der Waals surface area contributed by atoms with Crippen molar-refractivity contribution in [1.29, 1.82) is 0 Å². The number of nitrogens with one attached hydrogen (secondary N) is 2. The Bertz CT molecular complexity index is 878. The van der Waals surface area contributed by atoms with Gasteiger partial charge in [-0.25, -0.2) is 4.98 Å². The van der Waals surface area contributed by atoms with Crippen LogP contribution in [0.5, 0.6) is 5.75 Å². The van der Waals surface area contributed by atoms with Crippen LogP contribution in [0, 0.1) is 13.8 Å². The number of aromatic nitrogens is 1. The standard InChI is InChI=1S/C21H21N3O2/c1-15-8-9-16(2)19(12-15)23-17-10-11-20(22-13-17)24-21(25)14-26-18-6-4-3-5-7-18/h3-13,23H,14H2,1-2H3,(H,22,24,25). The maximum atomic E-state index is 12.0. The van der Waals surface area contributed by atoms with E-state index in [-0.39, 0.29) is 12.5 Å². The van der Waals surface area contributed by atoms with E-state index in [1.54, 1.807) is 24.4 Å². The number of hydrogen-bond acceptors (Lipinski definition) is 4. The molecule has 0 fully saturated rings. The fourth-order valence-electron chi connectivity index (χ4n) is 2.41. The molecule has 3 rings (SSSR count). The van der Waals surface area contributed by atoms with Gasteiger partial charge in [-0.05, 0) is 55.3 Å². The third-order valence-corrected chi connectivity index (χ3v) is 3.82. The molecule has 1 amide bonds. The van der Waals surface area contributed by atoms with Crippen LogP contribution < -0.4 is 15.4 Å². The molecule has 0 aliphatic carbocycles. The number of hydrogen-bond donors (Lipinski definition) is 2. The van der Waals surface area contributed by atoms with Crippen LogP contribution in [0.15, 0.2) is 66.9 Å².